The highest BCUT2D eigenvalue weighted by Crippen LogP contribution is 2.26. The fraction of sp³-hybridized carbons (Fsp3) is 0.688. The molecule has 3 rings (SSSR count). The Morgan fingerprint density at radius 2 is 2.00 bits per heavy atom. The van der Waals surface area contributed by atoms with Crippen LogP contribution < -0.4 is 5.73 Å². The number of likely N-dealkylation sites (tertiary alicyclic amines) is 2. The van der Waals surface area contributed by atoms with Gasteiger partial charge >= 0.3 is 0 Å². The second-order valence-electron chi connectivity index (χ2n) is 6.24. The number of aromatic nitrogens is 1. The monoisotopic (exact) mass is 274 g/mol. The third-order valence-electron chi connectivity index (χ3n) is 4.95. The molecule has 4 heteroatoms. The van der Waals surface area contributed by atoms with Crippen LogP contribution in [0.3, 0.4) is 0 Å². The lowest BCUT2D eigenvalue weighted by atomic mass is 10.0. The van der Waals surface area contributed by atoms with E-state index in [9.17, 15) is 0 Å². The fourth-order valence-electron chi connectivity index (χ4n) is 3.51. The van der Waals surface area contributed by atoms with E-state index in [4.69, 9.17) is 5.73 Å². The summed E-state index contributed by atoms with van der Waals surface area (Å²) in [7, 11) is 0. The Labute approximate surface area is 122 Å². The highest BCUT2D eigenvalue weighted by molar-refractivity contribution is 5.09. The standard InChI is InChI=1S/C16H26N4/c1-13(16-4-2-3-8-18-16)20-11-7-15(12-20)19-9-5-14(17)6-10-19/h2-4,8,13-15H,5-7,9-12,17H2,1H3. The largest absolute Gasteiger partial charge is 0.328 e. The topological polar surface area (TPSA) is 45.4 Å². The Kier molecular flexibility index (Phi) is 4.34. The predicted molar refractivity (Wildman–Crippen MR) is 81.4 cm³/mol. The number of nitrogens with zero attached hydrogens (tertiary/aromatic N) is 3. The van der Waals surface area contributed by atoms with Gasteiger partial charge in [-0.3, -0.25) is 14.8 Å². The molecule has 2 N–H and O–H groups in total. The van der Waals surface area contributed by atoms with Crippen molar-refractivity contribution in [3.8, 4) is 0 Å². The Morgan fingerprint density at radius 1 is 1.20 bits per heavy atom. The molecule has 2 unspecified atom stereocenters. The molecule has 1 aromatic heterocycles. The average Bonchev–Trinajstić information content (AvgIpc) is 2.98. The molecular formula is C16H26N4. The zero-order valence-electron chi connectivity index (χ0n) is 12.4. The van der Waals surface area contributed by atoms with Gasteiger partial charge in [-0.05, 0) is 51.4 Å². The molecule has 2 aliphatic heterocycles. The Balaban J connectivity index is 1.57. The highest BCUT2D eigenvalue weighted by Gasteiger charge is 2.32. The van der Waals surface area contributed by atoms with Crippen LogP contribution in [-0.2, 0) is 0 Å². The lowest BCUT2D eigenvalue weighted by Crippen LogP contribution is -2.46. The molecule has 3 heterocycles. The summed E-state index contributed by atoms with van der Waals surface area (Å²) in [5.74, 6) is 0. The molecule has 2 fully saturated rings. The van der Waals surface area contributed by atoms with Gasteiger partial charge in [0.1, 0.15) is 0 Å². The van der Waals surface area contributed by atoms with E-state index in [1.54, 1.807) is 0 Å². The van der Waals surface area contributed by atoms with E-state index >= 15 is 0 Å². The van der Waals surface area contributed by atoms with Crippen molar-refractivity contribution in [2.45, 2.75) is 44.3 Å². The summed E-state index contributed by atoms with van der Waals surface area (Å²) in [6.45, 7) is 6.99. The van der Waals surface area contributed by atoms with Crippen molar-refractivity contribution >= 4 is 0 Å². The van der Waals surface area contributed by atoms with E-state index < -0.39 is 0 Å². The van der Waals surface area contributed by atoms with E-state index in [0.717, 1.165) is 12.8 Å². The molecule has 0 spiro atoms. The fourth-order valence-corrected chi connectivity index (χ4v) is 3.51. The Morgan fingerprint density at radius 3 is 2.70 bits per heavy atom. The Bertz CT molecular complexity index is 414. The van der Waals surface area contributed by atoms with Gasteiger partial charge in [0.15, 0.2) is 0 Å². The number of nitrogens with two attached hydrogens (primary N) is 1. The number of hydrogen-bond donors (Lipinski definition) is 1. The van der Waals surface area contributed by atoms with E-state index in [-0.39, 0.29) is 0 Å². The van der Waals surface area contributed by atoms with Crippen LogP contribution in [0, 0.1) is 0 Å². The first-order chi connectivity index (χ1) is 9.74. The summed E-state index contributed by atoms with van der Waals surface area (Å²) in [6.07, 6.45) is 5.50. The van der Waals surface area contributed by atoms with Crippen molar-refractivity contribution in [1.82, 2.24) is 14.8 Å². The molecule has 0 saturated carbocycles. The molecule has 0 bridgehead atoms. The van der Waals surface area contributed by atoms with Crippen LogP contribution >= 0.6 is 0 Å². The van der Waals surface area contributed by atoms with Gasteiger partial charge in [-0.15, -0.1) is 0 Å². The maximum absolute atomic E-state index is 6.00. The lowest BCUT2D eigenvalue weighted by molar-refractivity contribution is 0.145. The third kappa shape index (κ3) is 3.03. The van der Waals surface area contributed by atoms with Crippen LogP contribution in [0.15, 0.2) is 24.4 Å². The normalized spacial score (nSPS) is 27.8. The van der Waals surface area contributed by atoms with Crippen LogP contribution in [0.25, 0.3) is 0 Å². The zero-order valence-corrected chi connectivity index (χ0v) is 12.4. The van der Waals surface area contributed by atoms with Crippen molar-refractivity contribution in [3.05, 3.63) is 30.1 Å². The van der Waals surface area contributed by atoms with Crippen LogP contribution in [0.2, 0.25) is 0 Å². The lowest BCUT2D eigenvalue weighted by Gasteiger charge is -2.35. The van der Waals surface area contributed by atoms with Crippen molar-refractivity contribution in [1.29, 1.82) is 0 Å². The molecule has 2 atom stereocenters. The molecule has 2 aliphatic rings. The minimum atomic E-state index is 0.424. The molecule has 110 valence electrons. The van der Waals surface area contributed by atoms with Crippen LogP contribution in [0.1, 0.15) is 37.9 Å². The smallest absolute Gasteiger partial charge is 0.0572 e. The van der Waals surface area contributed by atoms with Gasteiger partial charge in [0.05, 0.1) is 5.69 Å². The van der Waals surface area contributed by atoms with Gasteiger partial charge in [-0.1, -0.05) is 6.07 Å². The molecule has 2 saturated heterocycles. The van der Waals surface area contributed by atoms with E-state index in [1.807, 2.05) is 12.3 Å². The second-order valence-corrected chi connectivity index (χ2v) is 6.24. The number of rotatable bonds is 3. The maximum Gasteiger partial charge on any atom is 0.0572 e. The summed E-state index contributed by atoms with van der Waals surface area (Å²) in [4.78, 5) is 9.72. The van der Waals surface area contributed by atoms with Crippen LogP contribution in [-0.4, -0.2) is 53.0 Å². The highest BCUT2D eigenvalue weighted by atomic mass is 15.3. The number of piperidine rings is 1. The molecule has 20 heavy (non-hydrogen) atoms. The zero-order chi connectivity index (χ0) is 13.9. The first-order valence-electron chi connectivity index (χ1n) is 7.88. The van der Waals surface area contributed by atoms with E-state index in [2.05, 4.69) is 33.8 Å². The van der Waals surface area contributed by atoms with Gasteiger partial charge in [0, 0.05) is 37.4 Å². The molecular weight excluding hydrogens is 248 g/mol. The van der Waals surface area contributed by atoms with Crippen molar-refractivity contribution in [3.63, 3.8) is 0 Å². The predicted octanol–water partition coefficient (Wildman–Crippen LogP) is 1.64. The summed E-state index contributed by atoms with van der Waals surface area (Å²) in [5, 5.41) is 0. The van der Waals surface area contributed by atoms with Gasteiger partial charge in [0.25, 0.3) is 0 Å². The van der Waals surface area contributed by atoms with Gasteiger partial charge in [-0.2, -0.15) is 0 Å². The minimum Gasteiger partial charge on any atom is -0.328 e. The molecule has 4 nitrogen and oxygen atoms in total. The minimum absolute atomic E-state index is 0.424. The number of hydrogen-bond acceptors (Lipinski definition) is 4. The summed E-state index contributed by atoms with van der Waals surface area (Å²) in [5.41, 5.74) is 7.19. The summed E-state index contributed by atoms with van der Waals surface area (Å²) >= 11 is 0. The second kappa shape index (κ2) is 6.20. The van der Waals surface area contributed by atoms with Gasteiger partial charge in [0.2, 0.25) is 0 Å². The quantitative estimate of drug-likeness (QED) is 0.910. The Hall–Kier alpha value is -0.970. The molecule has 0 aliphatic carbocycles. The molecule has 0 radical (unpaired) electrons. The van der Waals surface area contributed by atoms with Crippen molar-refractivity contribution < 1.29 is 0 Å². The average molecular weight is 274 g/mol. The summed E-state index contributed by atoms with van der Waals surface area (Å²) < 4.78 is 0. The molecule has 0 aromatic carbocycles. The van der Waals surface area contributed by atoms with E-state index in [0.29, 0.717) is 18.1 Å². The van der Waals surface area contributed by atoms with Crippen LogP contribution in [0.5, 0.6) is 0 Å². The summed E-state index contributed by atoms with van der Waals surface area (Å²) in [6, 6.07) is 7.77. The van der Waals surface area contributed by atoms with E-state index in [1.165, 1.54) is 38.3 Å². The molecule has 1 aromatic rings. The van der Waals surface area contributed by atoms with Crippen molar-refractivity contribution in [2.75, 3.05) is 26.2 Å². The van der Waals surface area contributed by atoms with Gasteiger partial charge in [-0.25, -0.2) is 0 Å². The maximum atomic E-state index is 6.00. The first-order valence-corrected chi connectivity index (χ1v) is 7.88. The third-order valence-corrected chi connectivity index (χ3v) is 4.95. The first kappa shape index (κ1) is 14.0. The molecule has 0 amide bonds. The van der Waals surface area contributed by atoms with Gasteiger partial charge < -0.3 is 5.73 Å². The number of pyridine rings is 1. The SMILES string of the molecule is CC(c1ccccn1)N1CCC(N2CCC(N)CC2)C1. The van der Waals surface area contributed by atoms with Crippen molar-refractivity contribution in [2.24, 2.45) is 5.73 Å². The van der Waals surface area contributed by atoms with Crippen LogP contribution in [0.4, 0.5) is 0 Å².